The molecule has 0 heterocycles. The molecule has 0 fully saturated rings. The summed E-state index contributed by atoms with van der Waals surface area (Å²) in [4.78, 5) is 0. The van der Waals surface area contributed by atoms with Crippen molar-refractivity contribution in [1.29, 1.82) is 0 Å². The molecule has 0 radical (unpaired) electrons. The Labute approximate surface area is 133 Å². The number of hydrogen-bond acceptors (Lipinski definition) is 1. The summed E-state index contributed by atoms with van der Waals surface area (Å²) in [7, 11) is 0. The van der Waals surface area contributed by atoms with Gasteiger partial charge in [0.1, 0.15) is 0 Å². The molecule has 0 bridgehead atoms. The minimum Gasteiger partial charge on any atom is -0.310 e. The van der Waals surface area contributed by atoms with Crippen molar-refractivity contribution in [3.05, 3.63) is 69.2 Å². The molecule has 2 aromatic carbocycles. The summed E-state index contributed by atoms with van der Waals surface area (Å²) in [5.41, 5.74) is 6.78. The Morgan fingerprint density at radius 3 is 2.19 bits per heavy atom. The van der Waals surface area contributed by atoms with Crippen LogP contribution in [0.3, 0.4) is 0 Å². The lowest BCUT2D eigenvalue weighted by Gasteiger charge is -2.22. The van der Waals surface area contributed by atoms with Gasteiger partial charge in [-0.05, 0) is 73.7 Å². The molecule has 1 atom stereocenters. The topological polar surface area (TPSA) is 12.0 Å². The van der Waals surface area contributed by atoms with Gasteiger partial charge >= 0.3 is 0 Å². The zero-order valence-corrected chi connectivity index (χ0v) is 14.1. The first-order valence-electron chi connectivity index (χ1n) is 7.56. The van der Waals surface area contributed by atoms with Gasteiger partial charge in [0.05, 0.1) is 0 Å². The molecule has 21 heavy (non-hydrogen) atoms. The lowest BCUT2D eigenvalue weighted by atomic mass is 9.92. The maximum absolute atomic E-state index is 5.97. The molecule has 0 aliphatic carbocycles. The Morgan fingerprint density at radius 2 is 1.57 bits per heavy atom. The summed E-state index contributed by atoms with van der Waals surface area (Å²) in [5.74, 6) is 0. The highest BCUT2D eigenvalue weighted by molar-refractivity contribution is 6.30. The average molecular weight is 302 g/mol. The summed E-state index contributed by atoms with van der Waals surface area (Å²) >= 11 is 5.97. The molecule has 1 unspecified atom stereocenters. The standard InChI is InChI=1S/C19H24ClN/c1-5-21-19(12-16-6-8-17(20)9-7-16)18-11-14(3)13(2)10-15(18)4/h6-11,19,21H,5,12H2,1-4H3. The van der Waals surface area contributed by atoms with E-state index in [2.05, 4.69) is 57.3 Å². The van der Waals surface area contributed by atoms with E-state index in [1.165, 1.54) is 27.8 Å². The third-order valence-corrected chi connectivity index (χ3v) is 4.31. The van der Waals surface area contributed by atoms with Crippen molar-refractivity contribution < 1.29 is 0 Å². The highest BCUT2D eigenvalue weighted by Gasteiger charge is 2.14. The molecule has 0 saturated carbocycles. The molecule has 0 aromatic heterocycles. The van der Waals surface area contributed by atoms with Crippen LogP contribution in [-0.4, -0.2) is 6.54 Å². The van der Waals surface area contributed by atoms with Gasteiger partial charge in [0.2, 0.25) is 0 Å². The molecule has 0 amide bonds. The summed E-state index contributed by atoms with van der Waals surface area (Å²) in [6.45, 7) is 9.68. The third-order valence-electron chi connectivity index (χ3n) is 4.06. The molecule has 112 valence electrons. The Hall–Kier alpha value is -1.31. The van der Waals surface area contributed by atoms with Gasteiger partial charge in [0.25, 0.3) is 0 Å². The van der Waals surface area contributed by atoms with E-state index < -0.39 is 0 Å². The molecular weight excluding hydrogens is 278 g/mol. The van der Waals surface area contributed by atoms with E-state index >= 15 is 0 Å². The monoisotopic (exact) mass is 301 g/mol. The van der Waals surface area contributed by atoms with E-state index in [-0.39, 0.29) is 0 Å². The van der Waals surface area contributed by atoms with E-state index in [9.17, 15) is 0 Å². The molecule has 0 aliphatic heterocycles. The molecule has 2 aromatic rings. The molecule has 2 heteroatoms. The predicted molar refractivity (Wildman–Crippen MR) is 92.2 cm³/mol. The second kappa shape index (κ2) is 7.11. The number of likely N-dealkylation sites (N-methyl/N-ethyl adjacent to an activating group) is 1. The van der Waals surface area contributed by atoms with E-state index in [1.54, 1.807) is 0 Å². The van der Waals surface area contributed by atoms with Gasteiger partial charge < -0.3 is 5.32 Å². The van der Waals surface area contributed by atoms with Gasteiger partial charge in [-0.15, -0.1) is 0 Å². The molecular formula is C19H24ClN. The lowest BCUT2D eigenvalue weighted by Crippen LogP contribution is -2.24. The van der Waals surface area contributed by atoms with Crippen LogP contribution in [-0.2, 0) is 6.42 Å². The SMILES string of the molecule is CCNC(Cc1ccc(Cl)cc1)c1cc(C)c(C)cc1C. The first-order chi connectivity index (χ1) is 10.0. The van der Waals surface area contributed by atoms with Crippen LogP contribution >= 0.6 is 11.6 Å². The predicted octanol–water partition coefficient (Wildman–Crippen LogP) is 5.16. The normalized spacial score (nSPS) is 12.4. The summed E-state index contributed by atoms with van der Waals surface area (Å²) in [6.07, 6.45) is 0.981. The van der Waals surface area contributed by atoms with Gasteiger partial charge in [0, 0.05) is 11.1 Å². The van der Waals surface area contributed by atoms with E-state index in [1.807, 2.05) is 12.1 Å². The van der Waals surface area contributed by atoms with Crippen LogP contribution in [0.4, 0.5) is 0 Å². The number of nitrogens with one attached hydrogen (secondary N) is 1. The fourth-order valence-corrected chi connectivity index (χ4v) is 2.88. The smallest absolute Gasteiger partial charge is 0.0406 e. The maximum Gasteiger partial charge on any atom is 0.0406 e. The highest BCUT2D eigenvalue weighted by Crippen LogP contribution is 2.25. The van der Waals surface area contributed by atoms with Crippen LogP contribution < -0.4 is 5.32 Å². The van der Waals surface area contributed by atoms with Crippen LogP contribution in [0, 0.1) is 20.8 Å². The van der Waals surface area contributed by atoms with Gasteiger partial charge in [-0.3, -0.25) is 0 Å². The number of rotatable bonds is 5. The Balaban J connectivity index is 2.30. The van der Waals surface area contributed by atoms with Gasteiger partial charge in [0.15, 0.2) is 0 Å². The summed E-state index contributed by atoms with van der Waals surface area (Å²) < 4.78 is 0. The number of aryl methyl sites for hydroxylation is 3. The van der Waals surface area contributed by atoms with Crippen LogP contribution in [0.15, 0.2) is 36.4 Å². The molecule has 0 aliphatic rings. The fraction of sp³-hybridized carbons (Fsp3) is 0.368. The van der Waals surface area contributed by atoms with Crippen molar-refractivity contribution in [1.82, 2.24) is 5.32 Å². The number of hydrogen-bond donors (Lipinski definition) is 1. The van der Waals surface area contributed by atoms with Crippen LogP contribution in [0.5, 0.6) is 0 Å². The van der Waals surface area contributed by atoms with Gasteiger partial charge in [-0.1, -0.05) is 42.8 Å². The van der Waals surface area contributed by atoms with Crippen LogP contribution in [0.25, 0.3) is 0 Å². The Kier molecular flexibility index (Phi) is 5.44. The average Bonchev–Trinajstić information content (AvgIpc) is 2.45. The zero-order chi connectivity index (χ0) is 15.4. The van der Waals surface area contributed by atoms with Crippen molar-refractivity contribution in [2.45, 2.75) is 40.2 Å². The second-order valence-corrected chi connectivity index (χ2v) is 6.17. The first-order valence-corrected chi connectivity index (χ1v) is 7.94. The molecule has 0 saturated heterocycles. The number of halogens is 1. The lowest BCUT2D eigenvalue weighted by molar-refractivity contribution is 0.547. The van der Waals surface area contributed by atoms with Crippen molar-refractivity contribution in [2.24, 2.45) is 0 Å². The van der Waals surface area contributed by atoms with E-state index in [0.717, 1.165) is 18.0 Å². The Bertz CT molecular complexity index is 602. The fourth-order valence-electron chi connectivity index (χ4n) is 2.75. The zero-order valence-electron chi connectivity index (χ0n) is 13.3. The molecule has 0 spiro atoms. The first kappa shape index (κ1) is 16.1. The van der Waals surface area contributed by atoms with E-state index in [4.69, 9.17) is 11.6 Å². The second-order valence-electron chi connectivity index (χ2n) is 5.73. The highest BCUT2D eigenvalue weighted by atomic mass is 35.5. The van der Waals surface area contributed by atoms with E-state index in [0.29, 0.717) is 6.04 Å². The Morgan fingerprint density at radius 1 is 0.952 bits per heavy atom. The van der Waals surface area contributed by atoms with Crippen molar-refractivity contribution in [3.8, 4) is 0 Å². The minimum absolute atomic E-state index is 0.343. The van der Waals surface area contributed by atoms with Gasteiger partial charge in [-0.25, -0.2) is 0 Å². The van der Waals surface area contributed by atoms with Gasteiger partial charge in [-0.2, -0.15) is 0 Å². The minimum atomic E-state index is 0.343. The van der Waals surface area contributed by atoms with Crippen molar-refractivity contribution >= 4 is 11.6 Å². The largest absolute Gasteiger partial charge is 0.310 e. The summed E-state index contributed by atoms with van der Waals surface area (Å²) in [6, 6.07) is 13.1. The number of benzene rings is 2. The van der Waals surface area contributed by atoms with Crippen LogP contribution in [0.2, 0.25) is 5.02 Å². The summed E-state index contributed by atoms with van der Waals surface area (Å²) in [5, 5.41) is 4.41. The van der Waals surface area contributed by atoms with Crippen LogP contribution in [0.1, 0.15) is 40.8 Å². The molecule has 2 rings (SSSR count). The molecule has 1 N–H and O–H groups in total. The van der Waals surface area contributed by atoms with Crippen molar-refractivity contribution in [2.75, 3.05) is 6.54 Å². The molecule has 1 nitrogen and oxygen atoms in total. The maximum atomic E-state index is 5.97. The third kappa shape index (κ3) is 4.09. The van der Waals surface area contributed by atoms with Crippen molar-refractivity contribution in [3.63, 3.8) is 0 Å². The quantitative estimate of drug-likeness (QED) is 0.804.